The normalized spacial score (nSPS) is 13.9. The number of hydrogen-bond acceptors (Lipinski definition) is 1. The molecule has 0 heterocycles. The maximum absolute atomic E-state index is 12.6. The van der Waals surface area contributed by atoms with E-state index in [-0.39, 0.29) is 0 Å². The van der Waals surface area contributed by atoms with Gasteiger partial charge in [-0.25, -0.2) is 8.78 Å². The van der Waals surface area contributed by atoms with Crippen molar-refractivity contribution in [1.82, 2.24) is 0 Å². The zero-order chi connectivity index (χ0) is 11.8. The van der Waals surface area contributed by atoms with E-state index in [4.69, 9.17) is 0 Å². The highest BCUT2D eigenvalue weighted by atomic mass is 19.2. The molecule has 0 spiro atoms. The average molecular weight is 222 g/mol. The van der Waals surface area contributed by atoms with Gasteiger partial charge in [0.2, 0.25) is 0 Å². The van der Waals surface area contributed by atoms with Crippen molar-refractivity contribution in [3.05, 3.63) is 49.0 Å². The predicted octanol–water partition coefficient (Wildman–Crippen LogP) is 4.37. The Morgan fingerprint density at radius 1 is 0.867 bits per heavy atom. The fourth-order valence-electron chi connectivity index (χ4n) is 0.603. The highest BCUT2D eigenvalue weighted by Gasteiger charge is 2.12. The fourth-order valence-corrected chi connectivity index (χ4v) is 0.603. The van der Waals surface area contributed by atoms with Crippen molar-refractivity contribution < 1.29 is 22.3 Å². The number of ether oxygens (including phenoxy) is 1. The zero-order valence-corrected chi connectivity index (χ0v) is 7.90. The number of hydrogen-bond donors (Lipinski definition) is 0. The third-order valence-electron chi connectivity index (χ3n) is 1.25. The van der Waals surface area contributed by atoms with Gasteiger partial charge in [0.05, 0.1) is 0 Å². The molecule has 0 atom stereocenters. The minimum atomic E-state index is -1.81. The Bertz CT molecular complexity index is 275. The Hall–Kier alpha value is -1.52. The first-order valence-electron chi connectivity index (χ1n) is 4.00. The summed E-state index contributed by atoms with van der Waals surface area (Å²) < 4.78 is 54.0. The van der Waals surface area contributed by atoms with E-state index < -0.39 is 36.5 Å². The molecule has 0 radical (unpaired) electrons. The van der Waals surface area contributed by atoms with Crippen LogP contribution in [0.5, 0.6) is 0 Å². The maximum Gasteiger partial charge on any atom is 0.312 e. The van der Waals surface area contributed by atoms with Gasteiger partial charge < -0.3 is 4.74 Å². The third kappa shape index (κ3) is 5.05. The molecular formula is C10H10F4O. The van der Waals surface area contributed by atoms with Crippen LogP contribution < -0.4 is 0 Å². The first-order chi connectivity index (χ1) is 7.02. The summed E-state index contributed by atoms with van der Waals surface area (Å²) in [5.41, 5.74) is 0. The van der Waals surface area contributed by atoms with Crippen molar-refractivity contribution in [2.75, 3.05) is 0 Å². The van der Waals surface area contributed by atoms with Gasteiger partial charge in [-0.2, -0.15) is 8.78 Å². The highest BCUT2D eigenvalue weighted by Crippen LogP contribution is 2.21. The predicted molar refractivity (Wildman–Crippen MR) is 49.2 cm³/mol. The molecule has 84 valence electrons. The molecule has 0 aromatic heterocycles. The molecule has 1 nitrogen and oxygen atoms in total. The van der Waals surface area contributed by atoms with E-state index in [0.29, 0.717) is 0 Å². The third-order valence-corrected chi connectivity index (χ3v) is 1.25. The molecule has 0 bridgehead atoms. The summed E-state index contributed by atoms with van der Waals surface area (Å²) in [6, 6.07) is -3.63. The van der Waals surface area contributed by atoms with E-state index >= 15 is 0 Å². The lowest BCUT2D eigenvalue weighted by Crippen LogP contribution is -1.90. The van der Waals surface area contributed by atoms with Crippen LogP contribution in [-0.2, 0) is 4.74 Å². The molecule has 0 rings (SSSR count). The number of rotatable bonds is 6. The lowest BCUT2D eigenvalue weighted by Gasteiger charge is -2.01. The zero-order valence-electron chi connectivity index (χ0n) is 7.90. The first kappa shape index (κ1) is 13.5. The summed E-state index contributed by atoms with van der Waals surface area (Å²) in [6.07, 6.45) is 1.20. The minimum absolute atomic E-state index is 0.456. The van der Waals surface area contributed by atoms with Crippen molar-refractivity contribution in [3.8, 4) is 0 Å². The van der Waals surface area contributed by atoms with Crippen molar-refractivity contribution in [2.45, 2.75) is 12.8 Å². The molecular weight excluding hydrogens is 212 g/mol. The summed E-state index contributed by atoms with van der Waals surface area (Å²) in [7, 11) is 0. The Labute approximate surface area is 85.0 Å². The quantitative estimate of drug-likeness (QED) is 0.368. The summed E-state index contributed by atoms with van der Waals surface area (Å²) in [6.45, 7) is 6.27. The van der Waals surface area contributed by atoms with Gasteiger partial charge in [-0.15, -0.1) is 13.2 Å². The van der Waals surface area contributed by atoms with E-state index in [0.717, 1.165) is 12.2 Å². The number of halogens is 4. The van der Waals surface area contributed by atoms with Crippen molar-refractivity contribution in [3.63, 3.8) is 0 Å². The molecule has 0 unspecified atom stereocenters. The van der Waals surface area contributed by atoms with E-state index in [1.807, 2.05) is 0 Å². The van der Waals surface area contributed by atoms with Crippen LogP contribution in [0, 0.1) is 0 Å². The fraction of sp³-hybridized carbons (Fsp3) is 0.200. The van der Waals surface area contributed by atoms with E-state index in [9.17, 15) is 17.6 Å². The molecule has 0 aliphatic carbocycles. The second-order valence-electron chi connectivity index (χ2n) is 2.44. The lowest BCUT2D eigenvalue weighted by atomic mass is 10.4. The smallest absolute Gasteiger partial charge is 0.312 e. The molecule has 0 aromatic carbocycles. The van der Waals surface area contributed by atoms with E-state index in [1.54, 1.807) is 0 Å². The van der Waals surface area contributed by atoms with Gasteiger partial charge in [-0.05, 0) is 0 Å². The van der Waals surface area contributed by atoms with Crippen molar-refractivity contribution >= 4 is 0 Å². The molecule has 0 fully saturated rings. The van der Waals surface area contributed by atoms with Crippen molar-refractivity contribution in [1.29, 1.82) is 0 Å². The second-order valence-corrected chi connectivity index (χ2v) is 2.44. The molecule has 0 N–H and O–H groups in total. The van der Waals surface area contributed by atoms with Crippen molar-refractivity contribution in [2.24, 2.45) is 0 Å². The lowest BCUT2D eigenvalue weighted by molar-refractivity contribution is 0.131. The molecule has 0 aliphatic heterocycles. The van der Waals surface area contributed by atoms with Crippen LogP contribution in [0.2, 0.25) is 0 Å². The summed E-state index contributed by atoms with van der Waals surface area (Å²) in [5, 5.41) is 0. The van der Waals surface area contributed by atoms with Crippen LogP contribution in [0.3, 0.4) is 0 Å². The Morgan fingerprint density at radius 2 is 1.20 bits per heavy atom. The van der Waals surface area contributed by atoms with Crippen LogP contribution in [0.1, 0.15) is 12.8 Å². The molecule has 0 saturated heterocycles. The summed E-state index contributed by atoms with van der Waals surface area (Å²) in [4.78, 5) is 0. The largest absolute Gasteiger partial charge is 0.400 e. The van der Waals surface area contributed by atoms with Crippen LogP contribution >= 0.6 is 0 Å². The van der Waals surface area contributed by atoms with E-state index in [2.05, 4.69) is 17.9 Å². The van der Waals surface area contributed by atoms with Gasteiger partial charge in [0, 0.05) is 12.8 Å². The van der Waals surface area contributed by atoms with Gasteiger partial charge in [0.25, 0.3) is 0 Å². The monoisotopic (exact) mass is 222 g/mol. The Balaban J connectivity index is 4.58. The number of allylic oxidation sites excluding steroid dienone is 4. The molecule has 0 amide bonds. The van der Waals surface area contributed by atoms with Crippen LogP contribution in [-0.4, -0.2) is 0 Å². The Kier molecular flexibility index (Phi) is 6.17. The summed E-state index contributed by atoms with van der Waals surface area (Å²) >= 11 is 0. The summed E-state index contributed by atoms with van der Waals surface area (Å²) in [5.74, 6) is -2.71. The molecule has 0 aliphatic rings. The van der Waals surface area contributed by atoms with Gasteiger partial charge in [-0.1, -0.05) is 12.2 Å². The first-order valence-corrected chi connectivity index (χ1v) is 4.00. The van der Waals surface area contributed by atoms with Crippen LogP contribution in [0.25, 0.3) is 0 Å². The molecule has 0 aromatic rings. The van der Waals surface area contributed by atoms with Gasteiger partial charge in [0.1, 0.15) is 0 Å². The Morgan fingerprint density at radius 3 is 1.47 bits per heavy atom. The van der Waals surface area contributed by atoms with E-state index in [1.165, 1.54) is 0 Å². The minimum Gasteiger partial charge on any atom is -0.400 e. The SMILES string of the molecule is C=CC/C(F)=C(\F)O/C(F)=C(\F)CC=C. The van der Waals surface area contributed by atoms with Gasteiger partial charge in [0.15, 0.2) is 11.7 Å². The average Bonchev–Trinajstić information content (AvgIpc) is 2.18. The second kappa shape index (κ2) is 6.86. The molecule has 0 saturated carbocycles. The molecule has 15 heavy (non-hydrogen) atoms. The van der Waals surface area contributed by atoms with Crippen LogP contribution in [0.15, 0.2) is 49.0 Å². The van der Waals surface area contributed by atoms with Gasteiger partial charge in [-0.3, -0.25) is 0 Å². The highest BCUT2D eigenvalue weighted by molar-refractivity contribution is 5.04. The van der Waals surface area contributed by atoms with Gasteiger partial charge >= 0.3 is 12.0 Å². The molecule has 5 heteroatoms. The topological polar surface area (TPSA) is 9.23 Å². The standard InChI is InChI=1S/C10H10F4O/c1-3-5-7(11)9(13)15-10(14)8(12)6-4-2/h3-4H,1-2,5-6H2/b9-7-,10-8-. The maximum atomic E-state index is 12.6. The van der Waals surface area contributed by atoms with Crippen LogP contribution in [0.4, 0.5) is 17.6 Å².